The molecule has 1 fully saturated rings. The molecule has 0 radical (unpaired) electrons. The van der Waals surface area contributed by atoms with Crippen LogP contribution in [0.4, 0.5) is 0 Å². The highest BCUT2D eigenvalue weighted by atomic mass is 16.5. The van der Waals surface area contributed by atoms with E-state index in [1.807, 2.05) is 14.0 Å². The molecule has 2 atom stereocenters. The van der Waals surface area contributed by atoms with Crippen LogP contribution in [0, 0.1) is 5.92 Å². The molecule has 0 bridgehead atoms. The second kappa shape index (κ2) is 9.42. The molecule has 21 heavy (non-hydrogen) atoms. The molecule has 0 aromatic carbocycles. The van der Waals surface area contributed by atoms with Crippen molar-refractivity contribution in [2.75, 3.05) is 20.3 Å². The Morgan fingerprint density at radius 1 is 1.29 bits per heavy atom. The average Bonchev–Trinajstić information content (AvgIpc) is 3.30. The fourth-order valence-electron chi connectivity index (χ4n) is 2.77. The van der Waals surface area contributed by atoms with Crippen LogP contribution in [0.1, 0.15) is 65.7 Å². The number of esters is 1. The van der Waals surface area contributed by atoms with E-state index in [0.717, 1.165) is 19.3 Å². The van der Waals surface area contributed by atoms with E-state index in [4.69, 9.17) is 9.47 Å². The quantitative estimate of drug-likeness (QED) is 0.444. The van der Waals surface area contributed by atoms with Crippen LogP contribution < -0.4 is 5.32 Å². The van der Waals surface area contributed by atoms with Crippen LogP contribution in [0.3, 0.4) is 0 Å². The molecule has 1 N–H and O–H groups in total. The molecule has 0 aromatic heterocycles. The summed E-state index contributed by atoms with van der Waals surface area (Å²) in [6, 6.07) is 0. The summed E-state index contributed by atoms with van der Waals surface area (Å²) in [5.41, 5.74) is -0.645. The van der Waals surface area contributed by atoms with Crippen LogP contribution in [-0.2, 0) is 14.3 Å². The maximum atomic E-state index is 12.3. The SMILES string of the molecule is CCCCCCC(C)OCC(NC)(C(=O)OCC)C1CC1. The topological polar surface area (TPSA) is 47.6 Å². The predicted octanol–water partition coefficient (Wildman–Crippen LogP) is 3.29. The van der Waals surface area contributed by atoms with Gasteiger partial charge >= 0.3 is 5.97 Å². The summed E-state index contributed by atoms with van der Waals surface area (Å²) in [5, 5.41) is 3.19. The van der Waals surface area contributed by atoms with Crippen LogP contribution >= 0.6 is 0 Å². The summed E-state index contributed by atoms with van der Waals surface area (Å²) >= 11 is 0. The fraction of sp³-hybridized carbons (Fsp3) is 0.941. The number of carbonyl (C=O) groups is 1. The van der Waals surface area contributed by atoms with E-state index in [1.165, 1.54) is 25.7 Å². The van der Waals surface area contributed by atoms with E-state index in [9.17, 15) is 4.79 Å². The Morgan fingerprint density at radius 3 is 2.52 bits per heavy atom. The van der Waals surface area contributed by atoms with Gasteiger partial charge in [0.15, 0.2) is 0 Å². The average molecular weight is 299 g/mol. The molecule has 1 aliphatic carbocycles. The van der Waals surface area contributed by atoms with Gasteiger partial charge in [-0.05, 0) is 46.1 Å². The third-order valence-corrected chi connectivity index (χ3v) is 4.42. The van der Waals surface area contributed by atoms with Crippen LogP contribution in [0.2, 0.25) is 0 Å². The van der Waals surface area contributed by atoms with Crippen molar-refractivity contribution >= 4 is 5.97 Å². The number of carbonyl (C=O) groups excluding carboxylic acids is 1. The maximum Gasteiger partial charge on any atom is 0.329 e. The van der Waals surface area contributed by atoms with Gasteiger partial charge in [-0.15, -0.1) is 0 Å². The molecule has 0 saturated heterocycles. The molecule has 0 heterocycles. The molecule has 0 aromatic rings. The maximum absolute atomic E-state index is 12.3. The molecule has 1 aliphatic rings. The summed E-state index contributed by atoms with van der Waals surface area (Å²) < 4.78 is 11.2. The Hall–Kier alpha value is -0.610. The molecular weight excluding hydrogens is 266 g/mol. The van der Waals surface area contributed by atoms with Crippen LogP contribution in [0.5, 0.6) is 0 Å². The first-order valence-corrected chi connectivity index (χ1v) is 8.58. The van der Waals surface area contributed by atoms with E-state index in [1.54, 1.807) is 0 Å². The molecule has 4 nitrogen and oxygen atoms in total. The lowest BCUT2D eigenvalue weighted by Gasteiger charge is -2.32. The highest BCUT2D eigenvalue weighted by Gasteiger charge is 2.51. The standard InChI is InChI=1S/C17H33NO3/c1-5-7-8-9-10-14(3)21-13-17(18-4,15-11-12-15)16(19)20-6-2/h14-15,18H,5-13H2,1-4H3. The highest BCUT2D eigenvalue weighted by molar-refractivity contribution is 5.82. The van der Waals surface area contributed by atoms with Crippen LogP contribution in [0.15, 0.2) is 0 Å². The zero-order valence-corrected chi connectivity index (χ0v) is 14.2. The monoisotopic (exact) mass is 299 g/mol. The molecule has 1 saturated carbocycles. The van der Waals surface area contributed by atoms with Crippen molar-refractivity contribution in [1.82, 2.24) is 5.32 Å². The van der Waals surface area contributed by atoms with Crippen molar-refractivity contribution in [3.63, 3.8) is 0 Å². The Labute approximate surface area is 130 Å². The van der Waals surface area contributed by atoms with Gasteiger partial charge in [-0.2, -0.15) is 0 Å². The number of rotatable bonds is 12. The first kappa shape index (κ1) is 18.4. The Balaban J connectivity index is 2.44. The number of hydrogen-bond donors (Lipinski definition) is 1. The Kier molecular flexibility index (Phi) is 8.27. The number of nitrogens with one attached hydrogen (secondary N) is 1. The predicted molar refractivity (Wildman–Crippen MR) is 85.3 cm³/mol. The van der Waals surface area contributed by atoms with Gasteiger partial charge in [-0.25, -0.2) is 4.79 Å². The minimum absolute atomic E-state index is 0.159. The second-order valence-electron chi connectivity index (χ2n) is 6.19. The first-order chi connectivity index (χ1) is 10.1. The lowest BCUT2D eigenvalue weighted by molar-refractivity contribution is -0.156. The summed E-state index contributed by atoms with van der Waals surface area (Å²) in [4.78, 5) is 12.3. The lowest BCUT2D eigenvalue weighted by atomic mass is 9.94. The van der Waals surface area contributed by atoms with E-state index in [2.05, 4.69) is 19.2 Å². The molecule has 1 rings (SSSR count). The number of unbranched alkanes of at least 4 members (excludes halogenated alkanes) is 3. The van der Waals surface area contributed by atoms with Crippen molar-refractivity contribution in [2.24, 2.45) is 5.92 Å². The van der Waals surface area contributed by atoms with Crippen molar-refractivity contribution in [3.05, 3.63) is 0 Å². The molecule has 4 heteroatoms. The van der Waals surface area contributed by atoms with Crippen molar-refractivity contribution in [1.29, 1.82) is 0 Å². The summed E-state index contributed by atoms with van der Waals surface area (Å²) in [5.74, 6) is 0.196. The van der Waals surface area contributed by atoms with E-state index in [0.29, 0.717) is 19.1 Å². The van der Waals surface area contributed by atoms with E-state index >= 15 is 0 Å². The van der Waals surface area contributed by atoms with E-state index < -0.39 is 5.54 Å². The summed E-state index contributed by atoms with van der Waals surface area (Å²) in [6.45, 7) is 7.01. The normalized spacial score (nSPS) is 19.0. The van der Waals surface area contributed by atoms with Gasteiger partial charge in [0.1, 0.15) is 5.54 Å². The molecule has 2 unspecified atom stereocenters. The summed E-state index contributed by atoms with van der Waals surface area (Å²) in [7, 11) is 1.84. The van der Waals surface area contributed by atoms with Gasteiger partial charge in [-0.1, -0.05) is 32.6 Å². The Bertz CT molecular complexity index is 304. The number of hydrogen-bond acceptors (Lipinski definition) is 4. The molecule has 124 valence electrons. The largest absolute Gasteiger partial charge is 0.465 e. The third kappa shape index (κ3) is 5.59. The van der Waals surface area contributed by atoms with Crippen molar-refractivity contribution < 1.29 is 14.3 Å². The van der Waals surface area contributed by atoms with Gasteiger partial charge in [0, 0.05) is 0 Å². The molecule has 0 spiro atoms. The molecule has 0 amide bonds. The second-order valence-corrected chi connectivity index (χ2v) is 6.19. The van der Waals surface area contributed by atoms with Gasteiger partial charge in [0.2, 0.25) is 0 Å². The molecule has 0 aliphatic heterocycles. The fourth-order valence-corrected chi connectivity index (χ4v) is 2.77. The van der Waals surface area contributed by atoms with Gasteiger partial charge in [0.05, 0.1) is 19.3 Å². The van der Waals surface area contributed by atoms with Gasteiger partial charge < -0.3 is 14.8 Å². The minimum atomic E-state index is -0.645. The first-order valence-electron chi connectivity index (χ1n) is 8.58. The zero-order valence-electron chi connectivity index (χ0n) is 14.2. The lowest BCUT2D eigenvalue weighted by Crippen LogP contribution is -2.57. The minimum Gasteiger partial charge on any atom is -0.465 e. The van der Waals surface area contributed by atoms with Gasteiger partial charge in [0.25, 0.3) is 0 Å². The smallest absolute Gasteiger partial charge is 0.329 e. The molecular formula is C17H33NO3. The van der Waals surface area contributed by atoms with Crippen LogP contribution in [0.25, 0.3) is 0 Å². The number of likely N-dealkylation sites (N-methyl/N-ethyl adjacent to an activating group) is 1. The Morgan fingerprint density at radius 2 is 2.00 bits per heavy atom. The van der Waals surface area contributed by atoms with Crippen molar-refractivity contribution in [3.8, 4) is 0 Å². The van der Waals surface area contributed by atoms with Gasteiger partial charge in [-0.3, -0.25) is 0 Å². The van der Waals surface area contributed by atoms with E-state index in [-0.39, 0.29) is 12.1 Å². The zero-order chi connectivity index (χ0) is 15.7. The van der Waals surface area contributed by atoms with Crippen molar-refractivity contribution in [2.45, 2.75) is 77.4 Å². The number of ether oxygens (including phenoxy) is 2. The van der Waals surface area contributed by atoms with Crippen LogP contribution in [-0.4, -0.2) is 37.9 Å². The summed E-state index contributed by atoms with van der Waals surface area (Å²) in [6.07, 6.45) is 8.42. The third-order valence-electron chi connectivity index (χ3n) is 4.42. The highest BCUT2D eigenvalue weighted by Crippen LogP contribution is 2.40.